The van der Waals surface area contributed by atoms with Crippen LogP contribution < -0.4 is 13.6 Å². The van der Waals surface area contributed by atoms with E-state index < -0.39 is 7.82 Å². The molecule has 0 atom stereocenters. The fourth-order valence-corrected chi connectivity index (χ4v) is 4.24. The summed E-state index contributed by atoms with van der Waals surface area (Å²) in [6.45, 7) is 0. The second-order valence-electron chi connectivity index (χ2n) is 6.62. The fourth-order valence-electron chi connectivity index (χ4n) is 2.95. The molecule has 0 aliphatic carbocycles. The van der Waals surface area contributed by atoms with Crippen molar-refractivity contribution in [1.82, 2.24) is 0 Å². The molecule has 150 valence electrons. The van der Waals surface area contributed by atoms with Gasteiger partial charge in [0.1, 0.15) is 17.2 Å². The second kappa shape index (κ2) is 9.34. The van der Waals surface area contributed by atoms with Gasteiger partial charge in [-0.3, -0.25) is 0 Å². The van der Waals surface area contributed by atoms with Crippen LogP contribution in [0.25, 0.3) is 0 Å². The summed E-state index contributed by atoms with van der Waals surface area (Å²) in [5.41, 5.74) is 2.01. The van der Waals surface area contributed by atoms with Gasteiger partial charge in [-0.2, -0.15) is 4.57 Å². The van der Waals surface area contributed by atoms with Crippen molar-refractivity contribution in [1.29, 1.82) is 0 Å². The summed E-state index contributed by atoms with van der Waals surface area (Å²) in [4.78, 5) is 0. The normalized spacial score (nSPS) is 10.9. The van der Waals surface area contributed by atoms with Gasteiger partial charge in [0.15, 0.2) is 0 Å². The van der Waals surface area contributed by atoms with Gasteiger partial charge in [0.05, 0.1) is 0 Å². The molecule has 5 heteroatoms. The molecule has 0 saturated carbocycles. The van der Waals surface area contributed by atoms with Crippen LogP contribution in [-0.4, -0.2) is 0 Å². The van der Waals surface area contributed by atoms with Crippen LogP contribution in [0.4, 0.5) is 0 Å². The average molecular weight is 416 g/mol. The number of phosphoric acid groups is 1. The highest BCUT2D eigenvalue weighted by atomic mass is 31.2. The fraction of sp³-hybridized carbons (Fsp3) is 0.0400. The summed E-state index contributed by atoms with van der Waals surface area (Å²) < 4.78 is 31.0. The van der Waals surface area contributed by atoms with Crippen LogP contribution in [0.3, 0.4) is 0 Å². The van der Waals surface area contributed by atoms with Gasteiger partial charge in [-0.1, -0.05) is 84.9 Å². The standard InChI is InChI=1S/C25H21O4P/c26-30(27-23-15-6-2-7-16-23,28-24-17-8-3-9-18-24)29-25-19-11-10-14-22(25)20-21-12-4-1-5-13-21/h1-19H,20H2. The van der Waals surface area contributed by atoms with E-state index in [0.717, 1.165) is 11.1 Å². The Morgan fingerprint density at radius 1 is 0.533 bits per heavy atom. The molecule has 0 amide bonds. The molecule has 0 N–H and O–H groups in total. The summed E-state index contributed by atoms with van der Waals surface area (Å²) >= 11 is 0. The van der Waals surface area contributed by atoms with Crippen molar-refractivity contribution in [2.24, 2.45) is 0 Å². The van der Waals surface area contributed by atoms with E-state index in [1.165, 1.54) is 0 Å². The topological polar surface area (TPSA) is 44.8 Å². The van der Waals surface area contributed by atoms with Crippen molar-refractivity contribution < 1.29 is 18.1 Å². The second-order valence-corrected chi connectivity index (χ2v) is 8.06. The van der Waals surface area contributed by atoms with E-state index in [1.807, 2.05) is 60.7 Å². The van der Waals surface area contributed by atoms with Gasteiger partial charge in [0.25, 0.3) is 0 Å². The highest BCUT2D eigenvalue weighted by molar-refractivity contribution is 7.49. The highest BCUT2D eigenvalue weighted by Crippen LogP contribution is 2.50. The molecule has 0 fully saturated rings. The maximum absolute atomic E-state index is 13.7. The lowest BCUT2D eigenvalue weighted by molar-refractivity contribution is 0.297. The first kappa shape index (κ1) is 19.8. The summed E-state index contributed by atoms with van der Waals surface area (Å²) in [6.07, 6.45) is 0.633. The third-order valence-corrected chi connectivity index (χ3v) is 5.63. The van der Waals surface area contributed by atoms with Crippen LogP contribution in [0.2, 0.25) is 0 Å². The van der Waals surface area contributed by atoms with Gasteiger partial charge in [-0.15, -0.1) is 0 Å². The molecule has 0 bridgehead atoms. The third kappa shape index (κ3) is 5.31. The van der Waals surface area contributed by atoms with Gasteiger partial charge >= 0.3 is 7.82 Å². The number of hydrogen-bond acceptors (Lipinski definition) is 4. The van der Waals surface area contributed by atoms with Gasteiger partial charge in [-0.25, -0.2) is 0 Å². The number of para-hydroxylation sites is 3. The van der Waals surface area contributed by atoms with E-state index in [0.29, 0.717) is 23.7 Å². The molecule has 0 aliphatic rings. The zero-order chi connectivity index (χ0) is 20.7. The van der Waals surface area contributed by atoms with E-state index >= 15 is 0 Å². The summed E-state index contributed by atoms with van der Waals surface area (Å²) in [5.74, 6) is 1.26. The van der Waals surface area contributed by atoms with Gasteiger partial charge in [0, 0.05) is 6.42 Å². The third-order valence-electron chi connectivity index (χ3n) is 4.34. The molecule has 0 unspecified atom stereocenters. The Morgan fingerprint density at radius 2 is 1.00 bits per heavy atom. The van der Waals surface area contributed by atoms with Gasteiger partial charge < -0.3 is 13.6 Å². The van der Waals surface area contributed by atoms with E-state index in [4.69, 9.17) is 13.6 Å². The molecule has 30 heavy (non-hydrogen) atoms. The number of benzene rings is 4. The van der Waals surface area contributed by atoms with E-state index in [2.05, 4.69) is 0 Å². The largest absolute Gasteiger partial charge is 0.647 e. The molecule has 4 nitrogen and oxygen atoms in total. The monoisotopic (exact) mass is 416 g/mol. The average Bonchev–Trinajstić information content (AvgIpc) is 2.77. The molecule has 4 rings (SSSR count). The maximum atomic E-state index is 13.7. The van der Waals surface area contributed by atoms with Crippen LogP contribution in [0.5, 0.6) is 17.2 Å². The smallest absolute Gasteiger partial charge is 0.386 e. The lowest BCUT2D eigenvalue weighted by atomic mass is 10.0. The predicted octanol–water partition coefficient (Wildman–Crippen LogP) is 6.92. The first-order valence-electron chi connectivity index (χ1n) is 9.61. The Labute approximate surface area is 176 Å². The quantitative estimate of drug-likeness (QED) is 0.292. The zero-order valence-corrected chi connectivity index (χ0v) is 17.2. The first-order chi connectivity index (χ1) is 14.7. The minimum absolute atomic E-state index is 0.400. The van der Waals surface area contributed by atoms with Gasteiger partial charge in [-0.05, 0) is 41.5 Å². The molecule has 4 aromatic rings. The van der Waals surface area contributed by atoms with Crippen molar-refractivity contribution >= 4 is 7.82 Å². The Bertz CT molecular complexity index is 1070. The highest BCUT2D eigenvalue weighted by Gasteiger charge is 2.33. The SMILES string of the molecule is O=P(Oc1ccccc1)(Oc1ccccc1)Oc1ccccc1Cc1ccccc1. The van der Waals surface area contributed by atoms with Crippen molar-refractivity contribution in [3.8, 4) is 17.2 Å². The van der Waals surface area contributed by atoms with Crippen molar-refractivity contribution in [2.75, 3.05) is 0 Å². The number of rotatable bonds is 8. The molecule has 0 saturated heterocycles. The molecule has 0 heterocycles. The van der Waals surface area contributed by atoms with E-state index in [-0.39, 0.29) is 0 Å². The lowest BCUT2D eigenvalue weighted by Gasteiger charge is -2.21. The maximum Gasteiger partial charge on any atom is 0.647 e. The van der Waals surface area contributed by atoms with Crippen LogP contribution in [-0.2, 0) is 11.0 Å². The summed E-state index contributed by atoms with van der Waals surface area (Å²) in [6, 6.07) is 35.2. The molecule has 0 aliphatic heterocycles. The first-order valence-corrected chi connectivity index (χ1v) is 11.1. The molecular formula is C25H21O4P. The Morgan fingerprint density at radius 3 is 1.57 bits per heavy atom. The minimum atomic E-state index is -4.02. The summed E-state index contributed by atoms with van der Waals surface area (Å²) in [5, 5.41) is 0. The molecule has 0 spiro atoms. The lowest BCUT2D eigenvalue weighted by Crippen LogP contribution is -2.08. The summed E-state index contributed by atoms with van der Waals surface area (Å²) in [7, 11) is -4.02. The molecule has 0 aromatic heterocycles. The Kier molecular flexibility index (Phi) is 6.17. The van der Waals surface area contributed by atoms with Crippen LogP contribution >= 0.6 is 7.82 Å². The van der Waals surface area contributed by atoms with Crippen LogP contribution in [0, 0.1) is 0 Å². The van der Waals surface area contributed by atoms with Crippen LogP contribution in [0.1, 0.15) is 11.1 Å². The molecular weight excluding hydrogens is 395 g/mol. The Hall–Kier alpha value is -3.49. The molecule has 0 radical (unpaired) electrons. The van der Waals surface area contributed by atoms with Gasteiger partial charge in [0.2, 0.25) is 0 Å². The van der Waals surface area contributed by atoms with E-state index in [1.54, 1.807) is 54.6 Å². The number of phosphoric ester groups is 1. The van der Waals surface area contributed by atoms with Crippen molar-refractivity contribution in [2.45, 2.75) is 6.42 Å². The Balaban J connectivity index is 1.64. The minimum Gasteiger partial charge on any atom is -0.386 e. The zero-order valence-electron chi connectivity index (χ0n) is 16.3. The predicted molar refractivity (Wildman–Crippen MR) is 118 cm³/mol. The van der Waals surface area contributed by atoms with Crippen molar-refractivity contribution in [3.63, 3.8) is 0 Å². The van der Waals surface area contributed by atoms with Crippen molar-refractivity contribution in [3.05, 3.63) is 126 Å². The van der Waals surface area contributed by atoms with Crippen LogP contribution in [0.15, 0.2) is 115 Å². The number of hydrogen-bond donors (Lipinski definition) is 0. The molecule has 4 aromatic carbocycles. The van der Waals surface area contributed by atoms with E-state index in [9.17, 15) is 4.57 Å².